The molecule has 0 fully saturated rings. The summed E-state index contributed by atoms with van der Waals surface area (Å²) < 4.78 is 26.3. The molecule has 90 valence electrons. The Bertz CT molecular complexity index is 732. The van der Waals surface area contributed by atoms with Crippen molar-refractivity contribution in [1.29, 1.82) is 0 Å². The zero-order valence-electron chi connectivity index (χ0n) is 9.67. The number of hydrogen-bond donors (Lipinski definition) is 1. The van der Waals surface area contributed by atoms with Gasteiger partial charge in [-0.3, -0.25) is 0 Å². The number of aryl methyl sites for hydroxylation is 1. The van der Waals surface area contributed by atoms with Crippen molar-refractivity contribution in [3.63, 3.8) is 0 Å². The van der Waals surface area contributed by atoms with Gasteiger partial charge < -0.3 is 4.98 Å². The minimum atomic E-state index is -0.842. The van der Waals surface area contributed by atoms with E-state index >= 15 is 0 Å². The van der Waals surface area contributed by atoms with E-state index in [1.807, 2.05) is 19.1 Å². The maximum atomic E-state index is 13.3. The van der Waals surface area contributed by atoms with Gasteiger partial charge >= 0.3 is 0 Å². The van der Waals surface area contributed by atoms with E-state index < -0.39 is 11.6 Å². The van der Waals surface area contributed by atoms with E-state index in [-0.39, 0.29) is 0 Å². The molecule has 0 aliphatic heterocycles. The highest BCUT2D eigenvalue weighted by Gasteiger charge is 2.12. The zero-order valence-corrected chi connectivity index (χ0v) is 9.67. The minimum Gasteiger partial charge on any atom is -0.343 e. The van der Waals surface area contributed by atoms with Crippen molar-refractivity contribution in [2.45, 2.75) is 6.92 Å². The van der Waals surface area contributed by atoms with Crippen molar-refractivity contribution in [2.24, 2.45) is 0 Å². The van der Waals surface area contributed by atoms with Crippen LogP contribution in [0.4, 0.5) is 8.78 Å². The van der Waals surface area contributed by atoms with Crippen LogP contribution < -0.4 is 0 Å². The fourth-order valence-corrected chi connectivity index (χ4v) is 2.17. The zero-order chi connectivity index (χ0) is 12.7. The lowest BCUT2D eigenvalue weighted by Gasteiger charge is -2.02. The summed E-state index contributed by atoms with van der Waals surface area (Å²) in [5.41, 5.74) is 3.13. The van der Waals surface area contributed by atoms with E-state index in [0.717, 1.165) is 28.4 Å². The number of pyridine rings is 1. The summed E-state index contributed by atoms with van der Waals surface area (Å²) in [6.07, 6.45) is 1.69. The van der Waals surface area contributed by atoms with Crippen LogP contribution in [-0.2, 0) is 0 Å². The van der Waals surface area contributed by atoms with Crippen molar-refractivity contribution in [3.05, 3.63) is 53.9 Å². The molecule has 0 radical (unpaired) electrons. The average molecular weight is 244 g/mol. The second-order valence-electron chi connectivity index (χ2n) is 4.15. The van der Waals surface area contributed by atoms with Crippen LogP contribution in [0.15, 0.2) is 36.5 Å². The number of aromatic amines is 1. The van der Waals surface area contributed by atoms with E-state index in [9.17, 15) is 8.78 Å². The summed E-state index contributed by atoms with van der Waals surface area (Å²) in [5, 5.41) is 0.904. The minimum absolute atomic E-state index is 0.644. The molecular formula is C14H10F2N2. The number of nitrogens with one attached hydrogen (secondary N) is 1. The highest BCUT2D eigenvalue weighted by Crippen LogP contribution is 2.31. The Balaban J connectivity index is 2.30. The van der Waals surface area contributed by atoms with Gasteiger partial charge in [0.1, 0.15) is 5.65 Å². The summed E-state index contributed by atoms with van der Waals surface area (Å²) in [6, 6.07) is 7.64. The summed E-state index contributed by atoms with van der Waals surface area (Å²) in [5.74, 6) is -1.68. The van der Waals surface area contributed by atoms with E-state index in [1.165, 1.54) is 6.07 Å². The Kier molecular flexibility index (Phi) is 2.37. The van der Waals surface area contributed by atoms with Crippen molar-refractivity contribution < 1.29 is 8.78 Å². The lowest BCUT2D eigenvalue weighted by atomic mass is 10.0. The van der Waals surface area contributed by atoms with Crippen LogP contribution in [0.1, 0.15) is 5.69 Å². The van der Waals surface area contributed by atoms with Crippen LogP contribution in [0.2, 0.25) is 0 Å². The monoisotopic (exact) mass is 244 g/mol. The number of H-pyrrole nitrogens is 1. The molecule has 2 aromatic heterocycles. The third-order valence-electron chi connectivity index (χ3n) is 2.97. The van der Waals surface area contributed by atoms with E-state index in [1.54, 1.807) is 12.3 Å². The molecule has 1 aromatic carbocycles. The van der Waals surface area contributed by atoms with Crippen LogP contribution in [0.3, 0.4) is 0 Å². The maximum Gasteiger partial charge on any atom is 0.159 e. The first-order valence-electron chi connectivity index (χ1n) is 5.55. The van der Waals surface area contributed by atoms with Gasteiger partial charge in [-0.15, -0.1) is 0 Å². The summed E-state index contributed by atoms with van der Waals surface area (Å²) in [6.45, 7) is 1.89. The summed E-state index contributed by atoms with van der Waals surface area (Å²) in [7, 11) is 0. The van der Waals surface area contributed by atoms with Gasteiger partial charge in [-0.2, -0.15) is 0 Å². The van der Waals surface area contributed by atoms with Crippen LogP contribution in [0.5, 0.6) is 0 Å². The predicted octanol–water partition coefficient (Wildman–Crippen LogP) is 3.82. The Morgan fingerprint density at radius 3 is 2.72 bits per heavy atom. The molecule has 2 nitrogen and oxygen atoms in total. The Morgan fingerprint density at radius 2 is 1.94 bits per heavy atom. The number of rotatable bonds is 1. The van der Waals surface area contributed by atoms with Gasteiger partial charge in [0, 0.05) is 22.8 Å². The first-order valence-corrected chi connectivity index (χ1v) is 5.55. The van der Waals surface area contributed by atoms with Gasteiger partial charge in [0.25, 0.3) is 0 Å². The number of aromatic nitrogens is 2. The molecule has 3 aromatic rings. The quantitative estimate of drug-likeness (QED) is 0.692. The fraction of sp³-hybridized carbons (Fsp3) is 0.0714. The maximum absolute atomic E-state index is 13.3. The lowest BCUT2D eigenvalue weighted by Crippen LogP contribution is -1.86. The number of fused-ring (bicyclic) bond motifs is 1. The van der Waals surface area contributed by atoms with Crippen LogP contribution >= 0.6 is 0 Å². The van der Waals surface area contributed by atoms with Crippen LogP contribution in [0, 0.1) is 18.6 Å². The normalized spacial score (nSPS) is 11.1. The second-order valence-corrected chi connectivity index (χ2v) is 4.15. The third kappa shape index (κ3) is 1.57. The number of halogens is 2. The first kappa shape index (κ1) is 10.9. The highest BCUT2D eigenvalue weighted by atomic mass is 19.2. The Morgan fingerprint density at radius 1 is 1.11 bits per heavy atom. The molecular weight excluding hydrogens is 234 g/mol. The molecule has 3 rings (SSSR count). The van der Waals surface area contributed by atoms with Crippen molar-refractivity contribution in [2.75, 3.05) is 0 Å². The molecule has 4 heteroatoms. The lowest BCUT2D eigenvalue weighted by molar-refractivity contribution is 0.509. The van der Waals surface area contributed by atoms with Crippen LogP contribution in [0.25, 0.3) is 22.2 Å². The molecule has 0 aliphatic carbocycles. The molecule has 0 bridgehead atoms. The molecule has 18 heavy (non-hydrogen) atoms. The standard InChI is InChI=1S/C14H10F2N2/c1-8-13(9-4-5-11(15)12(16)7-9)10-3-2-6-17-14(10)18-8/h2-7H,1H3,(H,17,18). The van der Waals surface area contributed by atoms with E-state index in [0.29, 0.717) is 5.56 Å². The van der Waals surface area contributed by atoms with Gasteiger partial charge in [-0.25, -0.2) is 13.8 Å². The Hall–Kier alpha value is -2.23. The predicted molar refractivity (Wildman–Crippen MR) is 66.2 cm³/mol. The molecule has 0 atom stereocenters. The van der Waals surface area contributed by atoms with Gasteiger partial charge in [0.05, 0.1) is 0 Å². The fourth-order valence-electron chi connectivity index (χ4n) is 2.17. The molecule has 0 unspecified atom stereocenters. The topological polar surface area (TPSA) is 28.7 Å². The van der Waals surface area contributed by atoms with Crippen molar-refractivity contribution in [1.82, 2.24) is 9.97 Å². The summed E-state index contributed by atoms with van der Waals surface area (Å²) in [4.78, 5) is 7.34. The molecule has 2 heterocycles. The van der Waals surface area contributed by atoms with Gasteiger partial charge in [-0.05, 0) is 36.8 Å². The molecule has 0 amide bonds. The summed E-state index contributed by atoms with van der Waals surface area (Å²) >= 11 is 0. The SMILES string of the molecule is Cc1[nH]c2ncccc2c1-c1ccc(F)c(F)c1. The Labute approximate surface area is 102 Å². The molecule has 0 saturated heterocycles. The number of nitrogens with zero attached hydrogens (tertiary/aromatic N) is 1. The largest absolute Gasteiger partial charge is 0.343 e. The highest BCUT2D eigenvalue weighted by molar-refractivity contribution is 5.95. The first-order chi connectivity index (χ1) is 8.66. The molecule has 1 N–H and O–H groups in total. The van der Waals surface area contributed by atoms with E-state index in [4.69, 9.17) is 0 Å². The second kappa shape index (κ2) is 3.91. The third-order valence-corrected chi connectivity index (χ3v) is 2.97. The van der Waals surface area contributed by atoms with Gasteiger partial charge in [0.2, 0.25) is 0 Å². The molecule has 0 aliphatic rings. The van der Waals surface area contributed by atoms with Gasteiger partial charge in [-0.1, -0.05) is 6.07 Å². The van der Waals surface area contributed by atoms with Gasteiger partial charge in [0.15, 0.2) is 11.6 Å². The van der Waals surface area contributed by atoms with Crippen molar-refractivity contribution >= 4 is 11.0 Å². The molecule has 0 saturated carbocycles. The number of benzene rings is 1. The van der Waals surface area contributed by atoms with E-state index in [2.05, 4.69) is 9.97 Å². The number of hydrogen-bond acceptors (Lipinski definition) is 1. The molecule has 0 spiro atoms. The van der Waals surface area contributed by atoms with Crippen molar-refractivity contribution in [3.8, 4) is 11.1 Å². The van der Waals surface area contributed by atoms with Crippen LogP contribution in [-0.4, -0.2) is 9.97 Å². The average Bonchev–Trinajstić information content (AvgIpc) is 2.69. The smallest absolute Gasteiger partial charge is 0.159 e.